The van der Waals surface area contributed by atoms with Crippen LogP contribution in [-0.4, -0.2) is 12.8 Å². The molecule has 0 amide bonds. The summed E-state index contributed by atoms with van der Waals surface area (Å²) in [6, 6.07) is 10.1. The van der Waals surface area contributed by atoms with Gasteiger partial charge in [0.05, 0.1) is 6.61 Å². The Morgan fingerprint density at radius 2 is 1.88 bits per heavy atom. The highest BCUT2D eigenvalue weighted by Crippen LogP contribution is 2.36. The van der Waals surface area contributed by atoms with Gasteiger partial charge in [-0.3, -0.25) is 0 Å². The lowest BCUT2D eigenvalue weighted by atomic mass is 10.0. The summed E-state index contributed by atoms with van der Waals surface area (Å²) in [6.45, 7) is 2.21. The third-order valence-corrected chi connectivity index (χ3v) is 3.76. The van der Waals surface area contributed by atoms with Crippen molar-refractivity contribution in [3.8, 4) is 5.75 Å². The van der Waals surface area contributed by atoms with Crippen LogP contribution in [0.4, 0.5) is 13.6 Å². The van der Waals surface area contributed by atoms with Gasteiger partial charge in [0.1, 0.15) is 17.4 Å². The van der Waals surface area contributed by atoms with Crippen molar-refractivity contribution in [3.63, 3.8) is 0 Å². The van der Waals surface area contributed by atoms with Gasteiger partial charge in [-0.2, -0.15) is 0 Å². The van der Waals surface area contributed by atoms with Gasteiger partial charge in [-0.1, -0.05) is 31.5 Å². The maximum atomic E-state index is 14.1. The predicted octanol–water partition coefficient (Wildman–Crippen LogP) is 5.59. The lowest BCUT2D eigenvalue weighted by Crippen LogP contribution is -2.12. The van der Waals surface area contributed by atoms with Gasteiger partial charge in [0.25, 0.3) is 0 Å². The van der Waals surface area contributed by atoms with E-state index in [2.05, 4.69) is 0 Å². The highest BCUT2D eigenvalue weighted by atomic mass is 19.1. The van der Waals surface area contributed by atoms with Crippen LogP contribution >= 0.6 is 0 Å². The van der Waals surface area contributed by atoms with Crippen LogP contribution in [0, 0.1) is 11.6 Å². The molecular formula is C19H16F2O3. The first-order valence-corrected chi connectivity index (χ1v) is 7.75. The Hall–Kier alpha value is -2.69. The van der Waals surface area contributed by atoms with E-state index in [0.29, 0.717) is 28.0 Å². The number of carbonyl (C=O) groups excluding carboxylic acids is 1. The van der Waals surface area contributed by atoms with Crippen molar-refractivity contribution in [2.75, 3.05) is 6.61 Å². The van der Waals surface area contributed by atoms with Gasteiger partial charge in [0.2, 0.25) is 0 Å². The van der Waals surface area contributed by atoms with E-state index in [-0.39, 0.29) is 12.4 Å². The molecule has 0 heterocycles. The van der Waals surface area contributed by atoms with E-state index < -0.39 is 17.8 Å². The van der Waals surface area contributed by atoms with Crippen molar-refractivity contribution in [3.05, 3.63) is 54.1 Å². The monoisotopic (exact) mass is 330 g/mol. The molecule has 0 N–H and O–H groups in total. The highest BCUT2D eigenvalue weighted by molar-refractivity contribution is 6.06. The average molecular weight is 330 g/mol. The molecule has 3 aromatic rings. The average Bonchev–Trinajstić information content (AvgIpc) is 2.56. The molecule has 5 heteroatoms. The van der Waals surface area contributed by atoms with Gasteiger partial charge in [-0.25, -0.2) is 13.6 Å². The zero-order valence-electron chi connectivity index (χ0n) is 13.1. The van der Waals surface area contributed by atoms with Gasteiger partial charge >= 0.3 is 6.16 Å². The second-order valence-corrected chi connectivity index (χ2v) is 5.46. The Labute approximate surface area is 137 Å². The summed E-state index contributed by atoms with van der Waals surface area (Å²) < 4.78 is 38.0. The number of benzene rings is 3. The van der Waals surface area contributed by atoms with Crippen LogP contribution < -0.4 is 4.74 Å². The van der Waals surface area contributed by atoms with Crippen LogP contribution in [-0.2, 0) is 4.74 Å². The Balaban J connectivity index is 2.12. The summed E-state index contributed by atoms with van der Waals surface area (Å²) in [6.07, 6.45) is 0.709. The summed E-state index contributed by atoms with van der Waals surface area (Å²) in [4.78, 5) is 11.9. The standard InChI is InChI=1S/C19H16F2O3/c1-2-3-9-23-19(22)24-18-14-5-4-6-17(21)16(14)10-12-7-8-13(20)11-15(12)18/h4-8,10-11H,2-3,9H2,1H3. The normalized spacial score (nSPS) is 11.0. The molecule has 3 rings (SSSR count). The molecule has 3 aromatic carbocycles. The van der Waals surface area contributed by atoms with E-state index in [1.807, 2.05) is 6.92 Å². The Morgan fingerprint density at radius 3 is 2.67 bits per heavy atom. The molecule has 0 bridgehead atoms. The molecule has 0 unspecified atom stereocenters. The molecule has 124 valence electrons. The molecule has 0 aromatic heterocycles. The SMILES string of the molecule is CCCCOC(=O)Oc1c2cc(F)ccc2cc2c(F)cccc12. The molecule has 0 radical (unpaired) electrons. The number of hydrogen-bond donors (Lipinski definition) is 0. The van der Waals surface area contributed by atoms with Crippen LogP contribution in [0.1, 0.15) is 19.8 Å². The van der Waals surface area contributed by atoms with Crippen molar-refractivity contribution in [1.82, 2.24) is 0 Å². The number of fused-ring (bicyclic) bond motifs is 2. The molecule has 0 aliphatic carbocycles. The largest absolute Gasteiger partial charge is 0.513 e. The topological polar surface area (TPSA) is 35.5 Å². The Kier molecular flexibility index (Phi) is 4.60. The molecule has 0 saturated heterocycles. The minimum absolute atomic E-state index is 0.1000. The van der Waals surface area contributed by atoms with Gasteiger partial charge < -0.3 is 9.47 Å². The van der Waals surface area contributed by atoms with E-state index in [4.69, 9.17) is 9.47 Å². The number of carbonyl (C=O) groups is 1. The van der Waals surface area contributed by atoms with Crippen LogP contribution in [0.2, 0.25) is 0 Å². The number of halogens is 2. The zero-order valence-corrected chi connectivity index (χ0v) is 13.1. The van der Waals surface area contributed by atoms with Crippen LogP contribution in [0.25, 0.3) is 21.5 Å². The van der Waals surface area contributed by atoms with E-state index in [1.54, 1.807) is 12.1 Å². The van der Waals surface area contributed by atoms with Gasteiger partial charge in [-0.05, 0) is 36.1 Å². The summed E-state index contributed by atoms with van der Waals surface area (Å²) in [7, 11) is 0. The number of hydrogen-bond acceptors (Lipinski definition) is 3. The van der Waals surface area contributed by atoms with Crippen LogP contribution in [0.5, 0.6) is 5.75 Å². The lowest BCUT2D eigenvalue weighted by molar-refractivity contribution is 0.0988. The van der Waals surface area contributed by atoms with Gasteiger partial charge in [-0.15, -0.1) is 0 Å². The fourth-order valence-corrected chi connectivity index (χ4v) is 2.56. The minimum atomic E-state index is -0.884. The maximum Gasteiger partial charge on any atom is 0.513 e. The van der Waals surface area contributed by atoms with E-state index in [0.717, 1.165) is 6.42 Å². The third kappa shape index (κ3) is 3.15. The molecule has 0 saturated carbocycles. The fraction of sp³-hybridized carbons (Fsp3) is 0.211. The number of ether oxygens (including phenoxy) is 2. The molecule has 0 aliphatic heterocycles. The summed E-state index contributed by atoms with van der Waals surface area (Å²) >= 11 is 0. The first-order chi connectivity index (χ1) is 11.6. The molecule has 24 heavy (non-hydrogen) atoms. The second-order valence-electron chi connectivity index (χ2n) is 5.46. The van der Waals surface area contributed by atoms with E-state index >= 15 is 0 Å². The van der Waals surface area contributed by atoms with E-state index in [1.165, 1.54) is 30.3 Å². The van der Waals surface area contributed by atoms with Crippen molar-refractivity contribution in [2.24, 2.45) is 0 Å². The minimum Gasteiger partial charge on any atom is -0.434 e. The predicted molar refractivity (Wildman–Crippen MR) is 88.3 cm³/mol. The molecule has 0 fully saturated rings. The molecular weight excluding hydrogens is 314 g/mol. The quantitative estimate of drug-likeness (QED) is 0.271. The smallest absolute Gasteiger partial charge is 0.434 e. The second kappa shape index (κ2) is 6.83. The van der Waals surface area contributed by atoms with Crippen molar-refractivity contribution in [1.29, 1.82) is 0 Å². The molecule has 0 aliphatic rings. The first kappa shape index (κ1) is 16.2. The Morgan fingerprint density at radius 1 is 1.04 bits per heavy atom. The third-order valence-electron chi connectivity index (χ3n) is 3.76. The van der Waals surface area contributed by atoms with E-state index in [9.17, 15) is 13.6 Å². The number of unbranched alkanes of at least 4 members (excludes halogenated alkanes) is 1. The number of rotatable bonds is 4. The first-order valence-electron chi connectivity index (χ1n) is 7.75. The zero-order chi connectivity index (χ0) is 17.1. The maximum absolute atomic E-state index is 14.1. The summed E-state index contributed by atoms with van der Waals surface area (Å²) in [5, 5.41) is 1.65. The summed E-state index contributed by atoms with van der Waals surface area (Å²) in [5.74, 6) is -0.812. The van der Waals surface area contributed by atoms with Crippen LogP contribution in [0.3, 0.4) is 0 Å². The Bertz CT molecular complexity index is 902. The lowest BCUT2D eigenvalue weighted by Gasteiger charge is -2.12. The van der Waals surface area contributed by atoms with Crippen molar-refractivity contribution >= 4 is 27.7 Å². The molecule has 0 spiro atoms. The fourth-order valence-electron chi connectivity index (χ4n) is 2.56. The molecule has 0 atom stereocenters. The van der Waals surface area contributed by atoms with Crippen LogP contribution in [0.15, 0.2) is 42.5 Å². The highest BCUT2D eigenvalue weighted by Gasteiger charge is 2.16. The summed E-state index contributed by atoms with van der Waals surface area (Å²) in [5.41, 5.74) is 0. The van der Waals surface area contributed by atoms with Crippen molar-refractivity contribution < 1.29 is 23.0 Å². The van der Waals surface area contributed by atoms with Gasteiger partial charge in [0.15, 0.2) is 0 Å². The van der Waals surface area contributed by atoms with Gasteiger partial charge in [0, 0.05) is 16.2 Å². The van der Waals surface area contributed by atoms with Crippen molar-refractivity contribution in [2.45, 2.75) is 19.8 Å². The molecule has 3 nitrogen and oxygen atoms in total.